The summed E-state index contributed by atoms with van der Waals surface area (Å²) < 4.78 is 17.4. The number of hydrogen-bond acceptors (Lipinski definition) is 5. The van der Waals surface area contributed by atoms with Gasteiger partial charge in [-0.05, 0) is 44.9 Å². The summed E-state index contributed by atoms with van der Waals surface area (Å²) in [6, 6.07) is 0. The molecule has 0 heterocycles. The number of ether oxygens (including phenoxy) is 3. The Morgan fingerprint density at radius 1 is 1.04 bits per heavy atom. The zero-order valence-corrected chi connectivity index (χ0v) is 16.7. The molecule has 0 aliphatic carbocycles. The van der Waals surface area contributed by atoms with E-state index in [2.05, 4.69) is 20.8 Å². The van der Waals surface area contributed by atoms with Crippen molar-refractivity contribution in [3.63, 3.8) is 0 Å². The standard InChI is InChI=1S/C19H38O5/c1-8-12-16(21)22-14-17(24-18(5,6)9-2)23-15(13-20)19(7,10-3)11-4/h15,17,20H,8-14H2,1-7H3. The fourth-order valence-corrected chi connectivity index (χ4v) is 2.29. The van der Waals surface area contributed by atoms with E-state index in [1.54, 1.807) is 0 Å². The molecule has 2 unspecified atom stereocenters. The number of rotatable bonds is 13. The first-order valence-corrected chi connectivity index (χ1v) is 9.27. The molecule has 0 radical (unpaired) electrons. The minimum atomic E-state index is -0.685. The molecule has 144 valence electrons. The predicted octanol–water partition coefficient (Wildman–Crippen LogP) is 4.06. The van der Waals surface area contributed by atoms with E-state index in [-0.39, 0.29) is 30.7 Å². The fraction of sp³-hybridized carbons (Fsp3) is 0.947. The molecular weight excluding hydrogens is 308 g/mol. The molecule has 5 heteroatoms. The Morgan fingerprint density at radius 3 is 2.04 bits per heavy atom. The second-order valence-electron chi connectivity index (χ2n) is 7.26. The van der Waals surface area contributed by atoms with E-state index >= 15 is 0 Å². The minimum Gasteiger partial charge on any atom is -0.460 e. The van der Waals surface area contributed by atoms with Crippen LogP contribution >= 0.6 is 0 Å². The average molecular weight is 347 g/mol. The molecule has 0 aromatic rings. The number of hydrogen-bond donors (Lipinski definition) is 1. The van der Waals surface area contributed by atoms with Gasteiger partial charge in [-0.3, -0.25) is 4.79 Å². The Kier molecular flexibility index (Phi) is 10.8. The van der Waals surface area contributed by atoms with E-state index in [1.165, 1.54) is 0 Å². The molecule has 5 nitrogen and oxygen atoms in total. The third kappa shape index (κ3) is 7.95. The van der Waals surface area contributed by atoms with Crippen LogP contribution in [0.5, 0.6) is 0 Å². The molecule has 24 heavy (non-hydrogen) atoms. The van der Waals surface area contributed by atoms with Crippen molar-refractivity contribution >= 4 is 5.97 Å². The first-order chi connectivity index (χ1) is 11.2. The molecule has 0 saturated carbocycles. The van der Waals surface area contributed by atoms with E-state index < -0.39 is 11.9 Å². The molecule has 0 bridgehead atoms. The van der Waals surface area contributed by atoms with Crippen molar-refractivity contribution in [2.75, 3.05) is 13.2 Å². The van der Waals surface area contributed by atoms with Crippen LogP contribution in [-0.4, -0.2) is 42.3 Å². The third-order valence-corrected chi connectivity index (χ3v) is 5.01. The third-order valence-electron chi connectivity index (χ3n) is 5.01. The molecular formula is C19H38O5. The molecule has 0 amide bonds. The molecule has 0 aliphatic heterocycles. The summed E-state index contributed by atoms with van der Waals surface area (Å²) in [4.78, 5) is 11.7. The zero-order chi connectivity index (χ0) is 18.8. The van der Waals surface area contributed by atoms with Gasteiger partial charge in [0, 0.05) is 6.42 Å². The van der Waals surface area contributed by atoms with Crippen LogP contribution in [0.25, 0.3) is 0 Å². The van der Waals surface area contributed by atoms with Crippen LogP contribution in [0.4, 0.5) is 0 Å². The van der Waals surface area contributed by atoms with Crippen molar-refractivity contribution in [1.82, 2.24) is 0 Å². The van der Waals surface area contributed by atoms with Gasteiger partial charge >= 0.3 is 5.97 Å². The van der Waals surface area contributed by atoms with Crippen molar-refractivity contribution in [2.45, 2.75) is 98.6 Å². The van der Waals surface area contributed by atoms with Gasteiger partial charge in [-0.1, -0.05) is 34.6 Å². The van der Waals surface area contributed by atoms with Crippen LogP contribution < -0.4 is 0 Å². The number of aliphatic hydroxyl groups is 1. The van der Waals surface area contributed by atoms with Gasteiger partial charge in [-0.25, -0.2) is 0 Å². The molecule has 0 aromatic heterocycles. The molecule has 1 N–H and O–H groups in total. The van der Waals surface area contributed by atoms with Crippen LogP contribution in [-0.2, 0) is 19.0 Å². The van der Waals surface area contributed by atoms with E-state index in [1.807, 2.05) is 27.7 Å². The number of aliphatic hydroxyl groups excluding tert-OH is 1. The Labute approximate surface area is 148 Å². The highest BCUT2D eigenvalue weighted by Crippen LogP contribution is 2.33. The summed E-state index contributed by atoms with van der Waals surface area (Å²) in [6.45, 7) is 14.1. The Balaban J connectivity index is 5.05. The lowest BCUT2D eigenvalue weighted by atomic mass is 9.79. The van der Waals surface area contributed by atoms with Crippen LogP contribution in [0.3, 0.4) is 0 Å². The molecule has 0 aliphatic rings. The molecule has 0 rings (SSSR count). The highest BCUT2D eigenvalue weighted by Gasteiger charge is 2.35. The van der Waals surface area contributed by atoms with Gasteiger partial charge < -0.3 is 19.3 Å². The maximum atomic E-state index is 11.7. The van der Waals surface area contributed by atoms with Crippen LogP contribution in [0, 0.1) is 5.41 Å². The summed E-state index contributed by atoms with van der Waals surface area (Å²) in [7, 11) is 0. The minimum absolute atomic E-state index is 0.0439. The second-order valence-corrected chi connectivity index (χ2v) is 7.26. The SMILES string of the molecule is CCCC(=O)OCC(OC(CO)C(C)(CC)CC)OC(C)(C)CC. The van der Waals surface area contributed by atoms with Gasteiger partial charge in [0.1, 0.15) is 6.61 Å². The van der Waals surface area contributed by atoms with Crippen molar-refractivity contribution in [3.05, 3.63) is 0 Å². The quantitative estimate of drug-likeness (QED) is 0.402. The smallest absolute Gasteiger partial charge is 0.305 e. The van der Waals surface area contributed by atoms with Crippen molar-refractivity contribution in [1.29, 1.82) is 0 Å². The molecule has 0 aromatic carbocycles. The van der Waals surface area contributed by atoms with E-state index in [9.17, 15) is 9.90 Å². The summed E-state index contributed by atoms with van der Waals surface area (Å²) >= 11 is 0. The lowest BCUT2D eigenvalue weighted by Gasteiger charge is -2.39. The largest absolute Gasteiger partial charge is 0.460 e. The summed E-state index contributed by atoms with van der Waals surface area (Å²) in [5.41, 5.74) is -0.545. The monoisotopic (exact) mass is 346 g/mol. The van der Waals surface area contributed by atoms with Gasteiger partial charge in [-0.2, -0.15) is 0 Å². The average Bonchev–Trinajstić information content (AvgIpc) is 2.56. The summed E-state index contributed by atoms with van der Waals surface area (Å²) in [6.07, 6.45) is 2.65. The first-order valence-electron chi connectivity index (χ1n) is 9.27. The fourth-order valence-electron chi connectivity index (χ4n) is 2.29. The van der Waals surface area contributed by atoms with Crippen LogP contribution in [0.15, 0.2) is 0 Å². The number of carbonyl (C=O) groups is 1. The van der Waals surface area contributed by atoms with E-state index in [0.717, 1.165) is 25.7 Å². The normalized spacial score (nSPS) is 15.2. The van der Waals surface area contributed by atoms with Gasteiger partial charge in [0.15, 0.2) is 6.29 Å². The maximum absolute atomic E-state index is 11.7. The van der Waals surface area contributed by atoms with Crippen molar-refractivity contribution in [3.8, 4) is 0 Å². The Morgan fingerprint density at radius 2 is 1.62 bits per heavy atom. The zero-order valence-electron chi connectivity index (χ0n) is 16.7. The van der Waals surface area contributed by atoms with Gasteiger partial charge in [0.05, 0.1) is 18.3 Å². The molecule has 2 atom stereocenters. The van der Waals surface area contributed by atoms with Crippen LogP contribution in [0.2, 0.25) is 0 Å². The highest BCUT2D eigenvalue weighted by molar-refractivity contribution is 5.69. The lowest BCUT2D eigenvalue weighted by Crippen LogP contribution is -2.44. The maximum Gasteiger partial charge on any atom is 0.305 e. The molecule has 0 fully saturated rings. The van der Waals surface area contributed by atoms with Gasteiger partial charge in [0.2, 0.25) is 0 Å². The predicted molar refractivity (Wildman–Crippen MR) is 95.8 cm³/mol. The Hall–Kier alpha value is -0.650. The Bertz CT molecular complexity index is 350. The van der Waals surface area contributed by atoms with Gasteiger partial charge in [0.25, 0.3) is 0 Å². The van der Waals surface area contributed by atoms with Crippen molar-refractivity contribution < 1.29 is 24.1 Å². The van der Waals surface area contributed by atoms with E-state index in [4.69, 9.17) is 14.2 Å². The van der Waals surface area contributed by atoms with E-state index in [0.29, 0.717) is 6.42 Å². The molecule has 0 saturated heterocycles. The number of esters is 1. The topological polar surface area (TPSA) is 65.0 Å². The first kappa shape index (κ1) is 23.4. The highest BCUT2D eigenvalue weighted by atomic mass is 16.7. The second kappa shape index (κ2) is 11.1. The van der Waals surface area contributed by atoms with Gasteiger partial charge in [-0.15, -0.1) is 0 Å². The summed E-state index contributed by atoms with van der Waals surface area (Å²) in [5, 5.41) is 9.80. The lowest BCUT2D eigenvalue weighted by molar-refractivity contribution is -0.258. The van der Waals surface area contributed by atoms with Crippen molar-refractivity contribution in [2.24, 2.45) is 5.41 Å². The van der Waals surface area contributed by atoms with Crippen LogP contribution in [0.1, 0.15) is 80.6 Å². The number of carbonyl (C=O) groups excluding carboxylic acids is 1. The molecule has 0 spiro atoms. The summed E-state index contributed by atoms with van der Waals surface area (Å²) in [5.74, 6) is -0.252.